The maximum atomic E-state index is 13.0. The summed E-state index contributed by atoms with van der Waals surface area (Å²) in [6.45, 7) is -13.9. The summed E-state index contributed by atoms with van der Waals surface area (Å²) in [5.74, 6) is 0. The fourth-order valence-corrected chi connectivity index (χ4v) is 2.31. The lowest BCUT2D eigenvalue weighted by Gasteiger charge is -2.36. The second-order valence-electron chi connectivity index (χ2n) is 5.00. The molecule has 7 heteroatoms. The Morgan fingerprint density at radius 3 is 2.88 bits per heavy atom. The van der Waals surface area contributed by atoms with E-state index in [0.29, 0.717) is 4.40 Å². The van der Waals surface area contributed by atoms with Crippen LogP contribution in [0.4, 0.5) is 5.69 Å². The minimum Gasteiger partial charge on any atom is -0.369 e. The number of rotatable bonds is 5. The van der Waals surface area contributed by atoms with Gasteiger partial charge in [-0.3, -0.25) is 9.30 Å². The molecule has 1 aliphatic heterocycles. The van der Waals surface area contributed by atoms with Crippen LogP contribution in [0.1, 0.15) is 28.4 Å². The highest BCUT2D eigenvalue weighted by Gasteiger charge is 2.17. The van der Waals surface area contributed by atoms with Gasteiger partial charge in [-0.25, -0.2) is 9.48 Å². The van der Waals surface area contributed by atoms with E-state index in [2.05, 4.69) is 5.10 Å². The van der Waals surface area contributed by atoms with Crippen molar-refractivity contribution < 1.29 is 21.9 Å². The summed E-state index contributed by atoms with van der Waals surface area (Å²) in [5.41, 5.74) is -2.46. The molecule has 0 aliphatic carbocycles. The molecule has 4 rings (SSSR count). The average Bonchev–Trinajstić information content (AvgIpc) is 3.19. The molecule has 0 N–H and O–H groups in total. The predicted octanol–water partition coefficient (Wildman–Crippen LogP) is 2.36. The quantitative estimate of drug-likeness (QED) is 0.674. The largest absolute Gasteiger partial charge is 0.369 e. The third-order valence-electron chi connectivity index (χ3n) is 3.39. The lowest BCUT2D eigenvalue weighted by Crippen LogP contribution is -2.46. The summed E-state index contributed by atoms with van der Waals surface area (Å²) >= 11 is 5.95. The van der Waals surface area contributed by atoms with Crippen LogP contribution in [0, 0.1) is 0 Å². The van der Waals surface area contributed by atoms with Gasteiger partial charge in [0, 0.05) is 64.2 Å². The molecule has 3 aromatic rings. The molecule has 2 aromatic heterocycles. The molecule has 0 amide bonds. The minimum atomic E-state index is -3.19. The zero-order valence-electron chi connectivity index (χ0n) is 29.1. The molecule has 136 valence electrons. The van der Waals surface area contributed by atoms with Crippen molar-refractivity contribution >= 4 is 22.9 Å². The molecule has 1 aromatic carbocycles. The Labute approximate surface area is 179 Å². The minimum absolute atomic E-state index is 0.0927. The molecule has 0 bridgehead atoms. The van der Waals surface area contributed by atoms with Gasteiger partial charge < -0.3 is 4.90 Å². The number of aromatic nitrogens is 3. The van der Waals surface area contributed by atoms with Crippen molar-refractivity contribution in [3.8, 4) is 0 Å². The van der Waals surface area contributed by atoms with Crippen LogP contribution < -0.4 is 10.6 Å². The molecule has 3 heterocycles. The van der Waals surface area contributed by atoms with E-state index in [0.717, 1.165) is 4.90 Å². The number of hydrogen-bond donors (Lipinski definition) is 0. The second-order valence-corrected chi connectivity index (χ2v) is 5.38. The summed E-state index contributed by atoms with van der Waals surface area (Å²) in [6, 6.07) is -4.91. The van der Waals surface area contributed by atoms with Crippen LogP contribution in [0.15, 0.2) is 53.3 Å². The van der Waals surface area contributed by atoms with Crippen molar-refractivity contribution in [3.63, 3.8) is 0 Å². The van der Waals surface area contributed by atoms with Gasteiger partial charge in [-0.2, -0.15) is 0 Å². The van der Waals surface area contributed by atoms with Crippen LogP contribution >= 0.6 is 11.6 Å². The van der Waals surface area contributed by atoms with E-state index < -0.39 is 116 Å². The molecule has 6 nitrogen and oxygen atoms in total. The van der Waals surface area contributed by atoms with E-state index in [9.17, 15) is 4.79 Å². The fraction of sp³-hybridized carbons (Fsp3) is 0.368. The highest BCUT2D eigenvalue weighted by Crippen LogP contribution is 2.20. The van der Waals surface area contributed by atoms with Gasteiger partial charge in [-0.15, -0.1) is 5.10 Å². The third kappa shape index (κ3) is 3.61. The van der Waals surface area contributed by atoms with Gasteiger partial charge in [0.15, 0.2) is 5.65 Å². The molecule has 0 atom stereocenters. The Hall–Kier alpha value is -2.31. The number of anilines is 1. The van der Waals surface area contributed by atoms with E-state index in [1.54, 1.807) is 0 Å². The number of pyridine rings is 1. The molecular weight excluding hydrogens is 350 g/mol. The van der Waals surface area contributed by atoms with E-state index in [1.165, 1.54) is 0 Å². The van der Waals surface area contributed by atoms with Crippen LogP contribution in [0.3, 0.4) is 0 Å². The van der Waals surface area contributed by atoms with E-state index >= 15 is 0 Å². The highest BCUT2D eigenvalue weighted by atomic mass is 35.5. The normalized spacial score (nSPS) is 29.5. The maximum Gasteiger partial charge on any atom is 0.350 e. The number of fused-ring (bicyclic) bond motifs is 1. The van der Waals surface area contributed by atoms with Crippen LogP contribution in [0.2, 0.25) is 5.02 Å². The van der Waals surface area contributed by atoms with Gasteiger partial charge in [-0.1, -0.05) is 23.7 Å². The lowest BCUT2D eigenvalue weighted by molar-refractivity contribution is 0.248. The monoisotopic (exact) mass is 387 g/mol. The first-order valence-corrected chi connectivity index (χ1v) is 7.75. The lowest BCUT2D eigenvalue weighted by atomic mass is 10.2. The van der Waals surface area contributed by atoms with Gasteiger partial charge >= 0.3 is 5.69 Å². The molecule has 0 unspecified atom stereocenters. The van der Waals surface area contributed by atoms with Crippen LogP contribution in [0.25, 0.3) is 5.65 Å². The first kappa shape index (κ1) is 6.69. The van der Waals surface area contributed by atoms with Crippen molar-refractivity contribution in [3.05, 3.63) is 64.0 Å². The summed E-state index contributed by atoms with van der Waals surface area (Å²) in [6.07, 6.45) is -2.25. The molecule has 1 fully saturated rings. The summed E-state index contributed by atoms with van der Waals surface area (Å²) in [4.78, 5) is 14.0. The van der Waals surface area contributed by atoms with Crippen LogP contribution in [0.5, 0.6) is 0 Å². The Morgan fingerprint density at radius 1 is 1.19 bits per heavy atom. The van der Waals surface area contributed by atoms with E-state index in [4.69, 9.17) is 33.5 Å². The Balaban J connectivity index is 1.75. The number of aryl methyl sites for hydroxylation is 1. The van der Waals surface area contributed by atoms with Gasteiger partial charge in [0.25, 0.3) is 0 Å². The summed E-state index contributed by atoms with van der Waals surface area (Å²) in [7, 11) is 0. The number of nitrogens with zero attached hydrogens (tertiary/aromatic N) is 5. The molecule has 0 saturated carbocycles. The summed E-state index contributed by atoms with van der Waals surface area (Å²) in [5, 5.41) is 3.14. The number of halogens is 1. The Kier molecular flexibility index (Phi) is 1.93. The maximum absolute atomic E-state index is 13.0. The number of hydrogen-bond acceptors (Lipinski definition) is 4. The van der Waals surface area contributed by atoms with Crippen molar-refractivity contribution in [2.75, 3.05) is 37.5 Å². The predicted molar refractivity (Wildman–Crippen MR) is 104 cm³/mol. The van der Waals surface area contributed by atoms with Gasteiger partial charge in [-0.05, 0) is 36.6 Å². The highest BCUT2D eigenvalue weighted by molar-refractivity contribution is 6.30. The molecular formula is C19H22ClN5O. The Morgan fingerprint density at radius 2 is 2.04 bits per heavy atom. The summed E-state index contributed by atoms with van der Waals surface area (Å²) < 4.78 is 132. The van der Waals surface area contributed by atoms with Crippen LogP contribution in [-0.2, 0) is 6.50 Å². The van der Waals surface area contributed by atoms with Gasteiger partial charge in [0.05, 0.1) is 13.7 Å². The van der Waals surface area contributed by atoms with Crippen molar-refractivity contribution in [1.82, 2.24) is 19.1 Å². The average molecular weight is 388 g/mol. The molecule has 0 radical (unpaired) electrons. The van der Waals surface area contributed by atoms with Crippen molar-refractivity contribution in [2.24, 2.45) is 0 Å². The molecule has 26 heavy (non-hydrogen) atoms. The van der Waals surface area contributed by atoms with Crippen LogP contribution in [-0.4, -0.2) is 51.7 Å². The SMILES string of the molecule is [2H]c1c([2H])c(Cl)c([2H])c(N2CC([2H])([2H])N(C([2H])([2H])CC([2H])([2H])n3nc4c([2H])c([2H])c([2H])c([2H])n4c3=O)C([2H])([2H])C2)c1[2H]. The standard InChI is InChI=1S/C19H22ClN5O/c20-16-5-3-6-17(15-16)23-13-11-22(12-14-23)8-4-10-25-19(26)24-9-2-1-7-18(24)21-25/h1-3,5-7,9,15H,4,8,10-14H2/i1D,2D,3D,5D,6D,7D,8D2,9D,10D2,11D2,12D2,15D. The first-order valence-electron chi connectivity index (χ1n) is 15.4. The third-order valence-corrected chi connectivity index (χ3v) is 3.58. The van der Waals surface area contributed by atoms with Gasteiger partial charge in [0.2, 0.25) is 0 Å². The van der Waals surface area contributed by atoms with Gasteiger partial charge in [0.1, 0.15) is 0 Å². The van der Waals surface area contributed by atoms with E-state index in [-0.39, 0.29) is 9.58 Å². The fourth-order valence-electron chi connectivity index (χ4n) is 2.18. The first-order chi connectivity index (χ1) is 19.0. The van der Waals surface area contributed by atoms with Crippen molar-refractivity contribution in [1.29, 1.82) is 0 Å². The Bertz CT molecular complexity index is 1620. The van der Waals surface area contributed by atoms with Crippen molar-refractivity contribution in [2.45, 2.75) is 12.9 Å². The van der Waals surface area contributed by atoms with E-state index in [1.807, 2.05) is 0 Å². The number of piperazine rings is 1. The smallest absolute Gasteiger partial charge is 0.350 e. The second kappa shape index (κ2) is 7.51. The topological polar surface area (TPSA) is 45.8 Å². The molecule has 1 saturated heterocycles. The zero-order valence-corrected chi connectivity index (χ0v) is 13.9. The zero-order chi connectivity index (χ0) is 32.1. The molecule has 1 aliphatic rings. The number of benzene rings is 1. The molecule has 0 spiro atoms.